The number of nitrogens with two attached hydrogens (primary N) is 1. The van der Waals surface area contributed by atoms with Crippen molar-refractivity contribution in [3.63, 3.8) is 0 Å². The first kappa shape index (κ1) is 14.5. The molecule has 2 rings (SSSR count). The number of nitrogen functional groups attached to an aromatic ring is 1. The van der Waals surface area contributed by atoms with Gasteiger partial charge in [-0.25, -0.2) is 4.39 Å². The van der Waals surface area contributed by atoms with Crippen LogP contribution in [-0.2, 0) is 0 Å². The van der Waals surface area contributed by atoms with Gasteiger partial charge in [0.05, 0.1) is 11.2 Å². The summed E-state index contributed by atoms with van der Waals surface area (Å²) in [5.74, 6) is -0.356. The maximum Gasteiger partial charge on any atom is 0.150 e. The lowest BCUT2D eigenvalue weighted by atomic mass is 10.1. The smallest absolute Gasteiger partial charge is 0.150 e. The minimum atomic E-state index is -0.356. The topological polar surface area (TPSA) is 54.2 Å². The van der Waals surface area contributed by atoms with Crippen LogP contribution in [0.25, 0.3) is 10.9 Å². The molecule has 1 unspecified atom stereocenters. The van der Waals surface area contributed by atoms with Crippen molar-refractivity contribution < 1.29 is 4.39 Å². The fraction of sp³-hybridized carbons (Fsp3) is 0.400. The molecular formula is C15H21FN4. The zero-order valence-corrected chi connectivity index (χ0v) is 12.2. The quantitative estimate of drug-likeness (QED) is 0.824. The van der Waals surface area contributed by atoms with Gasteiger partial charge in [-0.1, -0.05) is 0 Å². The summed E-state index contributed by atoms with van der Waals surface area (Å²) < 4.78 is 14.1. The molecule has 0 saturated carbocycles. The molecule has 0 amide bonds. The third-order valence-corrected chi connectivity index (χ3v) is 3.28. The predicted octanol–water partition coefficient (Wildman–Crippen LogP) is 2.71. The van der Waals surface area contributed by atoms with Gasteiger partial charge in [0.15, 0.2) is 5.82 Å². The van der Waals surface area contributed by atoms with Gasteiger partial charge < -0.3 is 16.0 Å². The average Bonchev–Trinajstić information content (AvgIpc) is 2.41. The van der Waals surface area contributed by atoms with Crippen molar-refractivity contribution in [3.05, 3.63) is 30.2 Å². The molecule has 0 bridgehead atoms. The minimum absolute atomic E-state index is 0.153. The number of nitrogens with zero attached hydrogens (tertiary/aromatic N) is 2. The van der Waals surface area contributed by atoms with E-state index >= 15 is 0 Å². The Kier molecular flexibility index (Phi) is 4.39. The number of benzene rings is 1. The summed E-state index contributed by atoms with van der Waals surface area (Å²) in [6.45, 7) is 2.98. The van der Waals surface area contributed by atoms with Gasteiger partial charge in [-0.2, -0.15) is 0 Å². The number of hydrogen-bond acceptors (Lipinski definition) is 4. The number of anilines is 2. The molecule has 1 aromatic heterocycles. The van der Waals surface area contributed by atoms with Crippen molar-refractivity contribution in [2.45, 2.75) is 19.4 Å². The summed E-state index contributed by atoms with van der Waals surface area (Å²) in [6.07, 6.45) is 2.57. The van der Waals surface area contributed by atoms with Crippen LogP contribution in [0.5, 0.6) is 0 Å². The Morgan fingerprint density at radius 1 is 1.45 bits per heavy atom. The highest BCUT2D eigenvalue weighted by Crippen LogP contribution is 2.30. The first-order valence-electron chi connectivity index (χ1n) is 6.73. The Balaban J connectivity index is 2.29. The van der Waals surface area contributed by atoms with E-state index in [-0.39, 0.29) is 11.9 Å². The van der Waals surface area contributed by atoms with E-state index < -0.39 is 0 Å². The van der Waals surface area contributed by atoms with E-state index in [9.17, 15) is 4.39 Å². The first-order valence-corrected chi connectivity index (χ1v) is 6.73. The molecule has 0 radical (unpaired) electrons. The van der Waals surface area contributed by atoms with Crippen LogP contribution in [0.3, 0.4) is 0 Å². The second-order valence-electron chi connectivity index (χ2n) is 5.36. The van der Waals surface area contributed by atoms with E-state index in [1.807, 2.05) is 27.1 Å². The summed E-state index contributed by atoms with van der Waals surface area (Å²) in [6, 6.07) is 5.16. The normalized spacial score (nSPS) is 12.8. The highest BCUT2D eigenvalue weighted by Gasteiger charge is 2.14. The van der Waals surface area contributed by atoms with Crippen LogP contribution in [0.1, 0.15) is 13.3 Å². The van der Waals surface area contributed by atoms with Gasteiger partial charge in [0.1, 0.15) is 0 Å². The number of fused-ring (bicyclic) bond motifs is 1. The molecule has 20 heavy (non-hydrogen) atoms. The van der Waals surface area contributed by atoms with Crippen LogP contribution in [0.15, 0.2) is 24.4 Å². The Morgan fingerprint density at radius 3 is 2.90 bits per heavy atom. The number of pyridine rings is 1. The van der Waals surface area contributed by atoms with Crippen molar-refractivity contribution in [2.75, 3.05) is 31.7 Å². The van der Waals surface area contributed by atoms with E-state index in [1.54, 1.807) is 12.3 Å². The molecule has 0 saturated heterocycles. The molecule has 0 aliphatic carbocycles. The first-order chi connectivity index (χ1) is 9.49. The SMILES string of the molecule is CC(CCN(C)C)Nc1c(F)cc(N)c2cccnc12. The molecule has 2 aromatic rings. The van der Waals surface area contributed by atoms with Gasteiger partial charge in [0, 0.05) is 23.3 Å². The lowest BCUT2D eigenvalue weighted by molar-refractivity contribution is 0.390. The highest BCUT2D eigenvalue weighted by molar-refractivity contribution is 5.98. The molecule has 0 aliphatic rings. The van der Waals surface area contributed by atoms with Crippen molar-refractivity contribution in [2.24, 2.45) is 0 Å². The molecule has 4 nitrogen and oxygen atoms in total. The third kappa shape index (κ3) is 3.17. The molecule has 1 atom stereocenters. The van der Waals surface area contributed by atoms with Crippen LogP contribution in [0, 0.1) is 5.82 Å². The van der Waals surface area contributed by atoms with Gasteiger partial charge in [0.25, 0.3) is 0 Å². The summed E-state index contributed by atoms with van der Waals surface area (Å²) in [7, 11) is 4.04. The van der Waals surface area contributed by atoms with Gasteiger partial charge in [-0.15, -0.1) is 0 Å². The molecule has 5 heteroatoms. The molecule has 0 spiro atoms. The van der Waals surface area contributed by atoms with Crippen LogP contribution < -0.4 is 11.1 Å². The molecule has 0 aliphatic heterocycles. The van der Waals surface area contributed by atoms with E-state index in [0.717, 1.165) is 18.4 Å². The van der Waals surface area contributed by atoms with Crippen LogP contribution in [0.4, 0.5) is 15.8 Å². The molecular weight excluding hydrogens is 255 g/mol. The second kappa shape index (κ2) is 6.05. The summed E-state index contributed by atoms with van der Waals surface area (Å²) in [5, 5.41) is 3.99. The number of rotatable bonds is 5. The van der Waals surface area contributed by atoms with Gasteiger partial charge in [-0.3, -0.25) is 4.98 Å². The lowest BCUT2D eigenvalue weighted by Crippen LogP contribution is -2.23. The summed E-state index contributed by atoms with van der Waals surface area (Å²) >= 11 is 0. The highest BCUT2D eigenvalue weighted by atomic mass is 19.1. The molecule has 1 aromatic carbocycles. The van der Waals surface area contributed by atoms with Crippen LogP contribution >= 0.6 is 0 Å². The summed E-state index contributed by atoms with van der Waals surface area (Å²) in [4.78, 5) is 6.36. The predicted molar refractivity (Wildman–Crippen MR) is 82.4 cm³/mol. The number of halogens is 1. The number of aromatic nitrogens is 1. The Bertz CT molecular complexity index is 598. The Hall–Kier alpha value is -1.88. The van der Waals surface area contributed by atoms with Crippen LogP contribution in [0.2, 0.25) is 0 Å². The average molecular weight is 276 g/mol. The maximum atomic E-state index is 14.1. The van der Waals surface area contributed by atoms with E-state index in [4.69, 9.17) is 5.73 Å². The number of hydrogen-bond donors (Lipinski definition) is 2. The standard InChI is InChI=1S/C15H21FN4/c1-10(6-8-20(2)3)19-15-12(16)9-13(17)11-5-4-7-18-14(11)15/h4-5,7,9-10,19H,6,8,17H2,1-3H3. The molecule has 1 heterocycles. The van der Waals surface area contributed by atoms with Crippen molar-refractivity contribution in [1.29, 1.82) is 0 Å². The zero-order valence-electron chi connectivity index (χ0n) is 12.2. The fourth-order valence-electron chi connectivity index (χ4n) is 2.14. The van der Waals surface area contributed by atoms with Crippen molar-refractivity contribution in [1.82, 2.24) is 9.88 Å². The lowest BCUT2D eigenvalue weighted by Gasteiger charge is -2.19. The Labute approximate surface area is 118 Å². The van der Waals surface area contributed by atoms with E-state index in [1.165, 1.54) is 6.07 Å². The molecule has 3 N–H and O–H groups in total. The zero-order chi connectivity index (χ0) is 14.7. The van der Waals surface area contributed by atoms with Crippen molar-refractivity contribution in [3.8, 4) is 0 Å². The van der Waals surface area contributed by atoms with E-state index in [2.05, 4.69) is 15.2 Å². The van der Waals surface area contributed by atoms with Gasteiger partial charge >= 0.3 is 0 Å². The summed E-state index contributed by atoms with van der Waals surface area (Å²) in [5.41, 5.74) is 7.27. The molecule has 0 fully saturated rings. The molecule has 108 valence electrons. The van der Waals surface area contributed by atoms with Crippen LogP contribution in [-0.4, -0.2) is 36.6 Å². The minimum Gasteiger partial charge on any atom is -0.398 e. The fourth-order valence-corrected chi connectivity index (χ4v) is 2.14. The van der Waals surface area contributed by atoms with E-state index in [0.29, 0.717) is 16.9 Å². The third-order valence-electron chi connectivity index (χ3n) is 3.28. The van der Waals surface area contributed by atoms with Crippen molar-refractivity contribution >= 4 is 22.3 Å². The van der Waals surface area contributed by atoms with Gasteiger partial charge in [0.2, 0.25) is 0 Å². The second-order valence-corrected chi connectivity index (χ2v) is 5.36. The largest absolute Gasteiger partial charge is 0.398 e. The Morgan fingerprint density at radius 2 is 2.20 bits per heavy atom. The van der Waals surface area contributed by atoms with Gasteiger partial charge in [-0.05, 0) is 52.2 Å². The monoisotopic (exact) mass is 276 g/mol. The maximum absolute atomic E-state index is 14.1. The number of nitrogens with one attached hydrogen (secondary N) is 1.